The van der Waals surface area contributed by atoms with Gasteiger partial charge in [-0.1, -0.05) is 49.4 Å². The van der Waals surface area contributed by atoms with E-state index in [1.807, 2.05) is 24.3 Å². The zero-order valence-electron chi connectivity index (χ0n) is 15.4. The van der Waals surface area contributed by atoms with Gasteiger partial charge in [0, 0.05) is 31.7 Å². The van der Waals surface area contributed by atoms with Crippen LogP contribution in [0.4, 0.5) is 0 Å². The summed E-state index contributed by atoms with van der Waals surface area (Å²) >= 11 is 0. The Labute approximate surface area is 160 Å². The minimum Gasteiger partial charge on any atom is -0.314 e. The van der Waals surface area contributed by atoms with E-state index in [-0.39, 0.29) is 10.7 Å². The van der Waals surface area contributed by atoms with Crippen LogP contribution < -0.4 is 5.32 Å². The number of nitrogens with zero attached hydrogens (tertiary/aromatic N) is 1. The highest BCUT2D eigenvalue weighted by atomic mass is 32.2. The molecule has 1 saturated heterocycles. The zero-order chi connectivity index (χ0) is 19.3. The summed E-state index contributed by atoms with van der Waals surface area (Å²) in [5.74, 6) is -0.216. The molecule has 1 fully saturated rings. The van der Waals surface area contributed by atoms with Crippen molar-refractivity contribution < 1.29 is 13.2 Å². The van der Waals surface area contributed by atoms with Gasteiger partial charge >= 0.3 is 0 Å². The number of nitrogens with one attached hydrogen (secondary N) is 1. The lowest BCUT2D eigenvalue weighted by atomic mass is 10.1. The van der Waals surface area contributed by atoms with Gasteiger partial charge in [0.25, 0.3) is 0 Å². The van der Waals surface area contributed by atoms with Gasteiger partial charge < -0.3 is 5.32 Å². The number of hydrogen-bond acceptors (Lipinski definition) is 4. The van der Waals surface area contributed by atoms with Crippen molar-refractivity contribution >= 4 is 21.9 Å². The second-order valence-corrected chi connectivity index (χ2v) is 8.41. The molecule has 3 rings (SSSR count). The van der Waals surface area contributed by atoms with Crippen molar-refractivity contribution in [2.24, 2.45) is 0 Å². The molecule has 1 N–H and O–H groups in total. The lowest BCUT2D eigenvalue weighted by Crippen LogP contribution is -2.46. The molecule has 0 spiro atoms. The van der Waals surface area contributed by atoms with E-state index in [1.54, 1.807) is 24.3 Å². The molecule has 0 aromatic heterocycles. The molecule has 0 atom stereocenters. The van der Waals surface area contributed by atoms with Gasteiger partial charge in [0.15, 0.2) is 5.78 Å². The number of rotatable bonds is 6. The van der Waals surface area contributed by atoms with Crippen LogP contribution in [0.1, 0.15) is 28.4 Å². The average Bonchev–Trinajstić information content (AvgIpc) is 2.73. The van der Waals surface area contributed by atoms with E-state index in [0.717, 1.165) is 12.0 Å². The zero-order valence-corrected chi connectivity index (χ0v) is 16.2. The summed E-state index contributed by atoms with van der Waals surface area (Å²) in [6.45, 7) is 4.24. The summed E-state index contributed by atoms with van der Waals surface area (Å²) in [6.07, 6.45) is 4.20. The first-order valence-electron chi connectivity index (χ1n) is 9.13. The van der Waals surface area contributed by atoms with Gasteiger partial charge in [-0.15, -0.1) is 0 Å². The Bertz CT molecular complexity index is 928. The van der Waals surface area contributed by atoms with E-state index < -0.39 is 10.0 Å². The molecule has 0 bridgehead atoms. The lowest BCUT2D eigenvalue weighted by Gasteiger charge is -2.26. The maximum absolute atomic E-state index is 12.8. The number of allylic oxidation sites excluding steroid dienone is 1. The van der Waals surface area contributed by atoms with Crippen LogP contribution in [0, 0.1) is 0 Å². The average molecular weight is 385 g/mol. The van der Waals surface area contributed by atoms with Crippen molar-refractivity contribution in [2.45, 2.75) is 18.2 Å². The van der Waals surface area contributed by atoms with Gasteiger partial charge in [0.05, 0.1) is 4.90 Å². The quantitative estimate of drug-likeness (QED) is 0.614. The fourth-order valence-corrected chi connectivity index (χ4v) is 4.46. The monoisotopic (exact) mass is 384 g/mol. The predicted octanol–water partition coefficient (Wildman–Crippen LogP) is 2.74. The molecule has 0 radical (unpaired) electrons. The third-order valence-electron chi connectivity index (χ3n) is 4.65. The van der Waals surface area contributed by atoms with Crippen LogP contribution in [0.2, 0.25) is 0 Å². The molecule has 0 saturated carbocycles. The smallest absolute Gasteiger partial charge is 0.243 e. The standard InChI is InChI=1S/C21H24N2O3S/c1-2-17-6-8-18(9-7-17)10-11-21(24)19-4-3-5-20(16-19)27(25,26)23-14-12-22-13-15-23/h3-11,16,22H,2,12-15H2,1H3/b11-10+. The predicted molar refractivity (Wildman–Crippen MR) is 107 cm³/mol. The first-order chi connectivity index (χ1) is 13.0. The van der Waals surface area contributed by atoms with Crippen LogP contribution in [-0.4, -0.2) is 44.7 Å². The Balaban J connectivity index is 1.77. The lowest BCUT2D eigenvalue weighted by molar-refractivity contribution is 0.104. The number of carbonyl (C=O) groups excluding carboxylic acids is 1. The Morgan fingerprint density at radius 3 is 2.48 bits per heavy atom. The number of aryl methyl sites for hydroxylation is 1. The maximum Gasteiger partial charge on any atom is 0.243 e. The minimum absolute atomic E-state index is 0.163. The van der Waals surface area contributed by atoms with E-state index in [9.17, 15) is 13.2 Å². The number of carbonyl (C=O) groups is 1. The molecular formula is C21H24N2O3S. The molecule has 2 aromatic rings. The van der Waals surface area contributed by atoms with Crippen molar-refractivity contribution in [3.05, 3.63) is 71.3 Å². The maximum atomic E-state index is 12.8. The van der Waals surface area contributed by atoms with Crippen LogP contribution in [0.3, 0.4) is 0 Å². The second kappa shape index (κ2) is 8.61. The van der Waals surface area contributed by atoms with Crippen molar-refractivity contribution in [2.75, 3.05) is 26.2 Å². The van der Waals surface area contributed by atoms with Gasteiger partial charge in [-0.25, -0.2) is 8.42 Å². The highest BCUT2D eigenvalue weighted by Crippen LogP contribution is 2.18. The number of hydrogen-bond donors (Lipinski definition) is 1. The van der Waals surface area contributed by atoms with Crippen LogP contribution in [0.5, 0.6) is 0 Å². The van der Waals surface area contributed by atoms with Gasteiger partial charge in [-0.3, -0.25) is 4.79 Å². The highest BCUT2D eigenvalue weighted by molar-refractivity contribution is 7.89. The van der Waals surface area contributed by atoms with E-state index in [4.69, 9.17) is 0 Å². The Morgan fingerprint density at radius 2 is 1.81 bits per heavy atom. The largest absolute Gasteiger partial charge is 0.314 e. The van der Waals surface area contributed by atoms with E-state index >= 15 is 0 Å². The summed E-state index contributed by atoms with van der Waals surface area (Å²) in [7, 11) is -3.58. The topological polar surface area (TPSA) is 66.5 Å². The first kappa shape index (κ1) is 19.5. The second-order valence-electron chi connectivity index (χ2n) is 6.47. The molecule has 0 unspecified atom stereocenters. The van der Waals surface area contributed by atoms with E-state index in [2.05, 4.69) is 12.2 Å². The summed E-state index contributed by atoms with van der Waals surface area (Å²) in [6, 6.07) is 14.3. The Hall–Kier alpha value is -2.28. The summed E-state index contributed by atoms with van der Waals surface area (Å²) in [5.41, 5.74) is 2.54. The Kier molecular flexibility index (Phi) is 6.21. The van der Waals surface area contributed by atoms with Crippen LogP contribution in [-0.2, 0) is 16.4 Å². The molecule has 27 heavy (non-hydrogen) atoms. The van der Waals surface area contributed by atoms with Crippen molar-refractivity contribution in [3.63, 3.8) is 0 Å². The van der Waals surface area contributed by atoms with Crippen molar-refractivity contribution in [1.82, 2.24) is 9.62 Å². The third kappa shape index (κ3) is 4.71. The summed E-state index contributed by atoms with van der Waals surface area (Å²) in [5, 5.41) is 3.14. The van der Waals surface area contributed by atoms with Crippen LogP contribution in [0.25, 0.3) is 6.08 Å². The van der Waals surface area contributed by atoms with Crippen molar-refractivity contribution in [1.29, 1.82) is 0 Å². The summed E-state index contributed by atoms with van der Waals surface area (Å²) in [4.78, 5) is 12.7. The molecule has 1 heterocycles. The Morgan fingerprint density at radius 1 is 1.11 bits per heavy atom. The fraction of sp³-hybridized carbons (Fsp3) is 0.286. The molecular weight excluding hydrogens is 360 g/mol. The van der Waals surface area contributed by atoms with Gasteiger partial charge in [0.2, 0.25) is 10.0 Å². The fourth-order valence-electron chi connectivity index (χ4n) is 2.98. The van der Waals surface area contributed by atoms with Crippen molar-refractivity contribution in [3.8, 4) is 0 Å². The SMILES string of the molecule is CCc1ccc(/C=C/C(=O)c2cccc(S(=O)(=O)N3CCNCC3)c2)cc1. The number of piperazine rings is 1. The van der Waals surface area contributed by atoms with Crippen LogP contribution in [0.15, 0.2) is 59.5 Å². The number of ketones is 1. The molecule has 1 aliphatic rings. The van der Waals surface area contributed by atoms with Gasteiger partial charge in [-0.05, 0) is 35.8 Å². The highest BCUT2D eigenvalue weighted by Gasteiger charge is 2.26. The minimum atomic E-state index is -3.58. The first-order valence-corrected chi connectivity index (χ1v) is 10.6. The molecule has 5 nitrogen and oxygen atoms in total. The number of sulfonamides is 1. The van der Waals surface area contributed by atoms with Gasteiger partial charge in [-0.2, -0.15) is 4.31 Å². The molecule has 6 heteroatoms. The van der Waals surface area contributed by atoms with Crippen LogP contribution >= 0.6 is 0 Å². The molecule has 1 aliphatic heterocycles. The molecule has 0 amide bonds. The van der Waals surface area contributed by atoms with E-state index in [1.165, 1.54) is 22.0 Å². The summed E-state index contributed by atoms with van der Waals surface area (Å²) < 4.78 is 27.0. The molecule has 142 valence electrons. The van der Waals surface area contributed by atoms with Gasteiger partial charge in [0.1, 0.15) is 0 Å². The molecule has 2 aromatic carbocycles. The number of benzene rings is 2. The normalized spacial score (nSPS) is 15.9. The third-order valence-corrected chi connectivity index (χ3v) is 6.54. The van der Waals surface area contributed by atoms with E-state index in [0.29, 0.717) is 31.7 Å². The molecule has 0 aliphatic carbocycles.